The summed E-state index contributed by atoms with van der Waals surface area (Å²) in [6.07, 6.45) is 2.69. The molecule has 1 atom stereocenters. The van der Waals surface area contributed by atoms with Crippen molar-refractivity contribution >= 4 is 0 Å². The lowest BCUT2D eigenvalue weighted by molar-refractivity contribution is 0.131. The highest BCUT2D eigenvalue weighted by Gasteiger charge is 2.33. The lowest BCUT2D eigenvalue weighted by atomic mass is 10.0. The molecule has 0 amide bonds. The topological polar surface area (TPSA) is 21.7 Å². The highest BCUT2D eigenvalue weighted by atomic mass is 16.5. The normalized spacial score (nSPS) is 16.3. The lowest BCUT2D eigenvalue weighted by Gasteiger charge is -2.32. The van der Waals surface area contributed by atoms with Crippen LogP contribution in [0.1, 0.15) is 51.7 Å². The van der Waals surface area contributed by atoms with E-state index in [2.05, 4.69) is 43.9 Å². The second kappa shape index (κ2) is 7.98. The van der Waals surface area contributed by atoms with Crippen LogP contribution in [0.15, 0.2) is 18.2 Å². The third kappa shape index (κ3) is 4.47. The van der Waals surface area contributed by atoms with E-state index in [0.29, 0.717) is 18.6 Å². The van der Waals surface area contributed by atoms with Crippen LogP contribution in [0.5, 0.6) is 5.75 Å². The molecule has 0 N–H and O–H groups in total. The number of hydrogen-bond acceptors (Lipinski definition) is 3. The van der Waals surface area contributed by atoms with Gasteiger partial charge in [0, 0.05) is 30.8 Å². The molecule has 0 aromatic heterocycles. The molecule has 0 radical (unpaired) electrons. The van der Waals surface area contributed by atoms with Gasteiger partial charge in [0.15, 0.2) is 0 Å². The molecule has 0 aliphatic heterocycles. The summed E-state index contributed by atoms with van der Waals surface area (Å²) in [7, 11) is 1.72. The van der Waals surface area contributed by atoms with Crippen LogP contribution in [-0.2, 0) is 17.9 Å². The SMILES string of the molecule is CCOCc1cc(CN(C2CC2)[C@@H](C)C(C)C)ccc1OC. The Hall–Kier alpha value is -1.06. The van der Waals surface area contributed by atoms with Gasteiger partial charge in [-0.1, -0.05) is 19.9 Å². The van der Waals surface area contributed by atoms with Crippen molar-refractivity contribution in [3.8, 4) is 5.75 Å². The molecule has 1 saturated carbocycles. The summed E-state index contributed by atoms with van der Waals surface area (Å²) in [6, 6.07) is 7.90. The van der Waals surface area contributed by atoms with E-state index >= 15 is 0 Å². The van der Waals surface area contributed by atoms with Gasteiger partial charge in [0.05, 0.1) is 13.7 Å². The maximum Gasteiger partial charge on any atom is 0.124 e. The van der Waals surface area contributed by atoms with Gasteiger partial charge in [0.2, 0.25) is 0 Å². The smallest absolute Gasteiger partial charge is 0.124 e. The van der Waals surface area contributed by atoms with Gasteiger partial charge in [0.25, 0.3) is 0 Å². The van der Waals surface area contributed by atoms with Gasteiger partial charge < -0.3 is 9.47 Å². The molecule has 1 aromatic carbocycles. The van der Waals surface area contributed by atoms with Crippen molar-refractivity contribution in [3.05, 3.63) is 29.3 Å². The Labute approximate surface area is 135 Å². The minimum atomic E-state index is 0.616. The molecule has 2 rings (SSSR count). The van der Waals surface area contributed by atoms with E-state index < -0.39 is 0 Å². The molecule has 0 bridgehead atoms. The van der Waals surface area contributed by atoms with Crippen molar-refractivity contribution in [3.63, 3.8) is 0 Å². The van der Waals surface area contributed by atoms with Crippen molar-refractivity contribution in [1.29, 1.82) is 0 Å². The molecule has 1 aliphatic rings. The van der Waals surface area contributed by atoms with E-state index in [9.17, 15) is 0 Å². The monoisotopic (exact) mass is 305 g/mol. The zero-order valence-electron chi connectivity index (χ0n) is 14.8. The average Bonchev–Trinajstić information content (AvgIpc) is 3.34. The molecule has 1 fully saturated rings. The van der Waals surface area contributed by atoms with Crippen LogP contribution in [0.2, 0.25) is 0 Å². The predicted molar refractivity (Wildman–Crippen MR) is 91.2 cm³/mol. The summed E-state index contributed by atoms with van der Waals surface area (Å²) in [5.41, 5.74) is 2.50. The number of hydrogen-bond donors (Lipinski definition) is 0. The fourth-order valence-electron chi connectivity index (χ4n) is 2.86. The Morgan fingerprint density at radius 2 is 1.95 bits per heavy atom. The maximum atomic E-state index is 5.57. The fourth-order valence-corrected chi connectivity index (χ4v) is 2.86. The van der Waals surface area contributed by atoms with Crippen LogP contribution >= 0.6 is 0 Å². The highest BCUT2D eigenvalue weighted by molar-refractivity contribution is 5.37. The maximum absolute atomic E-state index is 5.57. The van der Waals surface area contributed by atoms with Crippen LogP contribution in [0.25, 0.3) is 0 Å². The molecule has 0 heterocycles. The number of rotatable bonds is 9. The second-order valence-corrected chi connectivity index (χ2v) is 6.67. The van der Waals surface area contributed by atoms with Crippen molar-refractivity contribution < 1.29 is 9.47 Å². The number of nitrogens with zero attached hydrogens (tertiary/aromatic N) is 1. The molecule has 0 saturated heterocycles. The van der Waals surface area contributed by atoms with E-state index in [1.807, 2.05) is 6.92 Å². The summed E-state index contributed by atoms with van der Waals surface area (Å²) in [5, 5.41) is 0. The Bertz CT molecular complexity index is 469. The Balaban J connectivity index is 2.13. The Morgan fingerprint density at radius 1 is 1.23 bits per heavy atom. The first-order chi connectivity index (χ1) is 10.6. The number of methoxy groups -OCH3 is 1. The quantitative estimate of drug-likeness (QED) is 0.681. The van der Waals surface area contributed by atoms with Gasteiger partial charge in [0.1, 0.15) is 5.75 Å². The van der Waals surface area contributed by atoms with Crippen molar-refractivity contribution in [2.24, 2.45) is 5.92 Å². The van der Waals surface area contributed by atoms with E-state index in [4.69, 9.17) is 9.47 Å². The van der Waals surface area contributed by atoms with Crippen LogP contribution in [0, 0.1) is 5.92 Å². The first kappa shape index (κ1) is 17.3. The van der Waals surface area contributed by atoms with Gasteiger partial charge in [-0.25, -0.2) is 0 Å². The van der Waals surface area contributed by atoms with Gasteiger partial charge in [-0.3, -0.25) is 4.90 Å². The van der Waals surface area contributed by atoms with Crippen molar-refractivity contribution in [2.45, 2.75) is 65.8 Å². The molecule has 1 aromatic rings. The predicted octanol–water partition coefficient (Wildman–Crippen LogP) is 4.24. The lowest BCUT2D eigenvalue weighted by Crippen LogP contribution is -2.37. The Kier molecular flexibility index (Phi) is 6.27. The molecular formula is C19H31NO2. The summed E-state index contributed by atoms with van der Waals surface area (Å²) in [4.78, 5) is 2.66. The first-order valence-corrected chi connectivity index (χ1v) is 8.56. The third-order valence-electron chi connectivity index (χ3n) is 4.68. The summed E-state index contributed by atoms with van der Waals surface area (Å²) >= 11 is 0. The van der Waals surface area contributed by atoms with Crippen molar-refractivity contribution in [1.82, 2.24) is 4.90 Å². The zero-order chi connectivity index (χ0) is 16.1. The summed E-state index contributed by atoms with van der Waals surface area (Å²) < 4.78 is 11.0. The first-order valence-electron chi connectivity index (χ1n) is 8.56. The molecule has 124 valence electrons. The largest absolute Gasteiger partial charge is 0.496 e. The molecule has 1 aliphatic carbocycles. The van der Waals surface area contributed by atoms with E-state index in [-0.39, 0.29) is 0 Å². The molecule has 3 nitrogen and oxygen atoms in total. The molecule has 0 unspecified atom stereocenters. The minimum Gasteiger partial charge on any atom is -0.496 e. The molecular weight excluding hydrogens is 274 g/mol. The zero-order valence-corrected chi connectivity index (χ0v) is 14.8. The molecule has 3 heteroatoms. The van der Waals surface area contributed by atoms with E-state index in [0.717, 1.165) is 30.5 Å². The second-order valence-electron chi connectivity index (χ2n) is 6.67. The Morgan fingerprint density at radius 3 is 2.50 bits per heavy atom. The van der Waals surface area contributed by atoms with Crippen LogP contribution < -0.4 is 4.74 Å². The third-order valence-corrected chi connectivity index (χ3v) is 4.68. The van der Waals surface area contributed by atoms with Gasteiger partial charge in [-0.15, -0.1) is 0 Å². The van der Waals surface area contributed by atoms with Crippen LogP contribution in [-0.4, -0.2) is 30.7 Å². The molecule has 0 spiro atoms. The summed E-state index contributed by atoms with van der Waals surface area (Å²) in [5.74, 6) is 1.61. The molecule has 22 heavy (non-hydrogen) atoms. The average molecular weight is 305 g/mol. The van der Waals surface area contributed by atoms with E-state index in [1.54, 1.807) is 7.11 Å². The van der Waals surface area contributed by atoms with Gasteiger partial charge in [-0.05, 0) is 50.3 Å². The standard InChI is InChI=1S/C19H31NO2/c1-6-22-13-17-11-16(7-10-19(17)21-5)12-20(18-8-9-18)15(4)14(2)3/h7,10-11,14-15,18H,6,8-9,12-13H2,1-5H3/t15-/m0/s1. The van der Waals surface area contributed by atoms with Crippen molar-refractivity contribution in [2.75, 3.05) is 13.7 Å². The van der Waals surface area contributed by atoms with Crippen LogP contribution in [0.3, 0.4) is 0 Å². The van der Waals surface area contributed by atoms with Gasteiger partial charge in [-0.2, -0.15) is 0 Å². The highest BCUT2D eigenvalue weighted by Crippen LogP contribution is 2.32. The fraction of sp³-hybridized carbons (Fsp3) is 0.684. The number of ether oxygens (including phenoxy) is 2. The van der Waals surface area contributed by atoms with Gasteiger partial charge >= 0.3 is 0 Å². The number of benzene rings is 1. The van der Waals surface area contributed by atoms with E-state index in [1.165, 1.54) is 18.4 Å². The minimum absolute atomic E-state index is 0.616. The summed E-state index contributed by atoms with van der Waals surface area (Å²) in [6.45, 7) is 11.4. The van der Waals surface area contributed by atoms with Crippen LogP contribution in [0.4, 0.5) is 0 Å².